The van der Waals surface area contributed by atoms with Crippen LogP contribution in [0.5, 0.6) is 0 Å². The summed E-state index contributed by atoms with van der Waals surface area (Å²) in [6, 6.07) is 0. The van der Waals surface area contributed by atoms with Crippen LogP contribution in [-0.2, 0) is 9.59 Å². The second-order valence-electron chi connectivity index (χ2n) is 10.0. The highest BCUT2D eigenvalue weighted by molar-refractivity contribution is 14.1. The minimum absolute atomic E-state index is 0.0545. The maximum Gasteiger partial charge on any atom is 0.337 e. The average Bonchev–Trinajstić information content (AvgIpc) is 3.07. The van der Waals surface area contributed by atoms with Crippen LogP contribution in [-0.4, -0.2) is 130 Å². The maximum atomic E-state index is 12.9. The highest BCUT2D eigenvalue weighted by Gasteiger charge is 2.31. The molecule has 2 aromatic carbocycles. The zero-order chi connectivity index (χ0) is 40.4. The molecule has 0 spiro atoms. The van der Waals surface area contributed by atoms with E-state index in [-0.39, 0.29) is 61.6 Å². The molecular weight excluding hydrogens is 1380 g/mol. The van der Waals surface area contributed by atoms with E-state index in [1.807, 2.05) is 45.2 Å². The molecule has 288 valence electrons. The Kier molecular flexibility index (Phi) is 21.7. The van der Waals surface area contributed by atoms with Crippen molar-refractivity contribution in [3.05, 3.63) is 43.7 Å². The summed E-state index contributed by atoms with van der Waals surface area (Å²) in [5, 5.41) is 76.8. The lowest BCUT2D eigenvalue weighted by molar-refractivity contribution is -0.123. The number of nitrogens with one attached hydrogen (secondary N) is 5. The molecule has 0 saturated heterocycles. The number of likely N-dealkylation sites (N-methyl/N-ethyl adjacent to an activating group) is 1. The van der Waals surface area contributed by atoms with Crippen molar-refractivity contribution in [2.75, 3.05) is 44.9 Å². The molecule has 24 heteroatoms. The number of hydrogen-bond donors (Lipinski definition) is 12. The Balaban J connectivity index is 0.000000880. The monoisotopic (exact) mass is 1410 g/mol. The fourth-order valence-corrected chi connectivity index (χ4v) is 12.8. The zero-order valence-corrected chi connectivity index (χ0v) is 39.7. The second-order valence-corrected chi connectivity index (χ2v) is 16.5. The zero-order valence-electron chi connectivity index (χ0n) is 26.8. The van der Waals surface area contributed by atoms with Crippen LogP contribution in [0, 0.1) is 21.4 Å². The first-order valence-electron chi connectivity index (χ1n) is 14.0. The van der Waals surface area contributed by atoms with Crippen molar-refractivity contribution < 1.29 is 64.5 Å². The van der Waals surface area contributed by atoms with Gasteiger partial charge in [-0.05, 0) is 143 Å². The Morgan fingerprint density at radius 1 is 0.558 bits per heavy atom. The predicted octanol–water partition coefficient (Wildman–Crippen LogP) is 1.04. The molecule has 18 nitrogen and oxygen atoms in total. The largest absolute Gasteiger partial charge is 0.478 e. The van der Waals surface area contributed by atoms with E-state index in [0.29, 0.717) is 0 Å². The number of carboxylic acid groups (broad SMARTS) is 2. The van der Waals surface area contributed by atoms with Gasteiger partial charge in [-0.1, -0.05) is 0 Å². The Morgan fingerprint density at radius 2 is 0.885 bits per heavy atom. The smallest absolute Gasteiger partial charge is 0.337 e. The molecule has 0 aliphatic rings. The van der Waals surface area contributed by atoms with Crippen LogP contribution < -0.4 is 26.6 Å². The molecule has 0 bridgehead atoms. The topological polar surface area (TPSA) is 304 Å². The lowest BCUT2D eigenvalue weighted by Gasteiger charge is -2.25. The summed E-state index contributed by atoms with van der Waals surface area (Å²) in [5.74, 6) is -5.35. The van der Waals surface area contributed by atoms with Crippen LogP contribution in [0.25, 0.3) is 0 Å². The van der Waals surface area contributed by atoms with Crippen molar-refractivity contribution in [2.24, 2.45) is 0 Å². The van der Waals surface area contributed by atoms with E-state index >= 15 is 0 Å². The van der Waals surface area contributed by atoms with Crippen molar-refractivity contribution in [3.8, 4) is 0 Å². The van der Waals surface area contributed by atoms with Gasteiger partial charge in [0.15, 0.2) is 0 Å². The number of aliphatic hydroxyl groups is 5. The van der Waals surface area contributed by atoms with Crippen molar-refractivity contribution in [1.82, 2.24) is 16.0 Å². The molecule has 52 heavy (non-hydrogen) atoms. The first-order valence-corrected chi connectivity index (χ1v) is 20.5. The molecule has 0 saturated carbocycles. The summed E-state index contributed by atoms with van der Waals surface area (Å²) in [7, 11) is 4.34. The van der Waals surface area contributed by atoms with Gasteiger partial charge in [0.2, 0.25) is 11.8 Å². The van der Waals surface area contributed by atoms with E-state index in [9.17, 15) is 44.1 Å². The number of halogens is 6. The van der Waals surface area contributed by atoms with Gasteiger partial charge in [0, 0.05) is 27.8 Å². The third kappa shape index (κ3) is 12.5. The van der Waals surface area contributed by atoms with Crippen LogP contribution in [0.4, 0.5) is 11.4 Å². The molecule has 0 fully saturated rings. The second kappa shape index (κ2) is 22.8. The van der Waals surface area contributed by atoms with Crippen LogP contribution in [0.2, 0.25) is 0 Å². The molecule has 0 aliphatic heterocycles. The van der Waals surface area contributed by atoms with E-state index in [1.165, 1.54) is 14.1 Å². The van der Waals surface area contributed by atoms with Gasteiger partial charge in [0.25, 0.3) is 11.8 Å². The van der Waals surface area contributed by atoms with Crippen LogP contribution >= 0.6 is 136 Å². The number of carbonyl (C=O) groups is 6. The van der Waals surface area contributed by atoms with E-state index in [0.717, 1.165) is 0 Å². The lowest BCUT2D eigenvalue weighted by atomic mass is 10.0. The Hall–Kier alpha value is -0.600. The number of carboxylic acids is 2. The van der Waals surface area contributed by atoms with Crippen molar-refractivity contribution in [3.63, 3.8) is 0 Å². The quantitative estimate of drug-likeness (QED) is 0.0930. The molecule has 4 atom stereocenters. The summed E-state index contributed by atoms with van der Waals surface area (Å²) in [6.45, 7) is -0.569. The lowest BCUT2D eigenvalue weighted by Crippen LogP contribution is -2.48. The van der Waals surface area contributed by atoms with Gasteiger partial charge in [-0.15, -0.1) is 0 Å². The summed E-state index contributed by atoms with van der Waals surface area (Å²) in [6.07, 6.45) is -6.38. The molecule has 2 aromatic rings. The van der Waals surface area contributed by atoms with Gasteiger partial charge in [-0.25, -0.2) is 9.59 Å². The van der Waals surface area contributed by atoms with Gasteiger partial charge in [-0.2, -0.15) is 0 Å². The van der Waals surface area contributed by atoms with Gasteiger partial charge in [0.05, 0.1) is 60.6 Å². The molecular formula is C28H31I6N5O13. The molecule has 4 amide bonds. The number of amides is 4. The molecule has 2 rings (SSSR count). The summed E-state index contributed by atoms with van der Waals surface area (Å²) in [4.78, 5) is 74.4. The SMILES string of the molecule is CNC(=O)c1c(I)c(NC(=O)CC(=O)Nc2c(I)c(C(=O)O)c(I)c(C(=O)NC)c2I)c(I)c(C(=O)O)c1I.CNCC(O)C(O)C(O)C(O)CO. The summed E-state index contributed by atoms with van der Waals surface area (Å²) < 4.78 is 1.27. The van der Waals surface area contributed by atoms with E-state index in [2.05, 4.69) is 26.6 Å². The molecule has 0 radical (unpaired) electrons. The molecule has 4 unspecified atom stereocenters. The van der Waals surface area contributed by atoms with Gasteiger partial charge < -0.3 is 62.3 Å². The number of carbonyl (C=O) groups excluding carboxylic acids is 4. The van der Waals surface area contributed by atoms with Gasteiger partial charge >= 0.3 is 11.9 Å². The normalized spacial score (nSPS) is 13.0. The fraction of sp³-hybridized carbons (Fsp3) is 0.357. The van der Waals surface area contributed by atoms with Crippen molar-refractivity contribution in [1.29, 1.82) is 0 Å². The third-order valence-corrected chi connectivity index (χ3v) is 13.0. The number of benzene rings is 2. The van der Waals surface area contributed by atoms with Crippen LogP contribution in [0.15, 0.2) is 0 Å². The minimum atomic E-state index is -1.55. The van der Waals surface area contributed by atoms with E-state index in [4.69, 9.17) is 20.4 Å². The van der Waals surface area contributed by atoms with E-state index in [1.54, 1.807) is 97.4 Å². The Bertz CT molecular complexity index is 1630. The fourth-order valence-electron chi connectivity index (χ4n) is 3.98. The highest BCUT2D eigenvalue weighted by atomic mass is 127. The average molecular weight is 1410 g/mol. The standard InChI is InChI=1S/C21H14I6N4O8.C7H17NO5/c1-28-18(34)6-10(22)8(20(36)37)14(26)16(12(6)24)30-4(32)3-5(33)31-17-13(25)7(19(35)29-2)11(23)9(15(17)27)21(38)39;1-8-2-4(10)6(12)7(13)5(11)3-9/h3H2,1-2H3,(H,28,34)(H,29,35)(H,30,32)(H,31,33)(H,36,37)(H,38,39);4-13H,2-3H2,1H3. The van der Waals surface area contributed by atoms with Crippen molar-refractivity contribution in [2.45, 2.75) is 30.8 Å². The molecule has 0 aliphatic carbocycles. The van der Waals surface area contributed by atoms with Gasteiger partial charge in [0.1, 0.15) is 24.7 Å². The maximum absolute atomic E-state index is 12.9. The summed E-state index contributed by atoms with van der Waals surface area (Å²) >= 11 is 10.6. The Labute approximate surface area is 377 Å². The molecule has 0 aromatic heterocycles. The molecule has 0 heterocycles. The number of rotatable bonds is 14. The van der Waals surface area contributed by atoms with Crippen LogP contribution in [0.1, 0.15) is 47.9 Å². The predicted molar refractivity (Wildman–Crippen MR) is 237 cm³/mol. The number of aliphatic hydroxyl groups excluding tert-OH is 5. The van der Waals surface area contributed by atoms with Crippen molar-refractivity contribution >= 4 is 182 Å². The first kappa shape index (κ1) is 49.4. The van der Waals surface area contributed by atoms with Crippen LogP contribution in [0.3, 0.4) is 0 Å². The summed E-state index contributed by atoms with van der Waals surface area (Å²) in [5.41, 5.74) is -0.135. The van der Waals surface area contributed by atoms with Gasteiger partial charge in [-0.3, -0.25) is 19.2 Å². The highest BCUT2D eigenvalue weighted by Crippen LogP contribution is 2.37. The minimum Gasteiger partial charge on any atom is -0.478 e. The number of hydrogen-bond acceptors (Lipinski definition) is 12. The number of aromatic carboxylic acids is 2. The van der Waals surface area contributed by atoms with E-state index < -0.39 is 73.0 Å². The Morgan fingerprint density at radius 3 is 1.17 bits per heavy atom. The number of anilines is 2. The molecule has 12 N–H and O–H groups in total. The first-order chi connectivity index (χ1) is 24.1. The third-order valence-electron chi connectivity index (χ3n) is 6.56.